The predicted octanol–water partition coefficient (Wildman–Crippen LogP) is 3.82. The number of aryl methyl sites for hydroxylation is 1. The quantitative estimate of drug-likeness (QED) is 0.753. The predicted molar refractivity (Wildman–Crippen MR) is 95.5 cm³/mol. The van der Waals surface area contributed by atoms with Crippen molar-refractivity contribution in [1.82, 2.24) is 4.57 Å². The van der Waals surface area contributed by atoms with Crippen molar-refractivity contribution in [2.45, 2.75) is 39.7 Å². The molecule has 0 unspecified atom stereocenters. The molecule has 0 aliphatic heterocycles. The van der Waals surface area contributed by atoms with E-state index in [9.17, 15) is 4.79 Å². The molecule has 0 bridgehead atoms. The molecular weight excluding hydrogens is 288 g/mol. The molecule has 2 rings (SSSR count). The first-order valence-corrected chi connectivity index (χ1v) is 8.22. The van der Waals surface area contributed by atoms with Crippen molar-refractivity contribution >= 4 is 5.69 Å². The zero-order valence-electron chi connectivity index (χ0n) is 14.3. The van der Waals surface area contributed by atoms with Gasteiger partial charge >= 0.3 is 0 Å². The van der Waals surface area contributed by atoms with Gasteiger partial charge in [-0.1, -0.05) is 31.9 Å². The van der Waals surface area contributed by atoms with Gasteiger partial charge in [0.1, 0.15) is 5.75 Å². The molecule has 1 N–H and O–H groups in total. The molecule has 0 saturated carbocycles. The van der Waals surface area contributed by atoms with Gasteiger partial charge in [0.25, 0.3) is 5.56 Å². The van der Waals surface area contributed by atoms with Gasteiger partial charge in [0.05, 0.1) is 13.7 Å². The summed E-state index contributed by atoms with van der Waals surface area (Å²) in [5, 5.41) is 3.34. The molecule has 0 amide bonds. The number of aromatic nitrogens is 1. The number of pyridine rings is 1. The van der Waals surface area contributed by atoms with Crippen LogP contribution in [0, 0.1) is 6.92 Å². The highest BCUT2D eigenvalue weighted by Crippen LogP contribution is 2.14. The fourth-order valence-corrected chi connectivity index (χ4v) is 2.56. The van der Waals surface area contributed by atoms with E-state index in [-0.39, 0.29) is 5.56 Å². The molecule has 2 aromatic rings. The van der Waals surface area contributed by atoms with Crippen molar-refractivity contribution in [2.24, 2.45) is 0 Å². The van der Waals surface area contributed by atoms with E-state index < -0.39 is 0 Å². The SMILES string of the molecule is CCCCCNc1cc(C)n(Cc2ccc(OC)cc2)c(=O)c1. The molecule has 124 valence electrons. The number of unbranched alkanes of at least 4 members (excludes halogenated alkanes) is 2. The summed E-state index contributed by atoms with van der Waals surface area (Å²) in [5.41, 5.74) is 2.99. The molecule has 1 aromatic carbocycles. The highest BCUT2D eigenvalue weighted by molar-refractivity contribution is 5.43. The van der Waals surface area contributed by atoms with Gasteiger partial charge in [-0.15, -0.1) is 0 Å². The third-order valence-corrected chi connectivity index (χ3v) is 3.94. The van der Waals surface area contributed by atoms with Gasteiger partial charge in [0.15, 0.2) is 0 Å². The summed E-state index contributed by atoms with van der Waals surface area (Å²) in [6.45, 7) is 5.65. The summed E-state index contributed by atoms with van der Waals surface area (Å²) in [5.74, 6) is 0.824. The Hall–Kier alpha value is -2.23. The molecule has 0 radical (unpaired) electrons. The van der Waals surface area contributed by atoms with Crippen molar-refractivity contribution in [1.29, 1.82) is 0 Å². The Kier molecular flexibility index (Phi) is 6.27. The maximum Gasteiger partial charge on any atom is 0.253 e. The van der Waals surface area contributed by atoms with Crippen molar-refractivity contribution in [3.8, 4) is 5.75 Å². The van der Waals surface area contributed by atoms with Gasteiger partial charge < -0.3 is 14.6 Å². The number of nitrogens with one attached hydrogen (secondary N) is 1. The summed E-state index contributed by atoms with van der Waals surface area (Å²) < 4.78 is 6.95. The van der Waals surface area contributed by atoms with Crippen LogP contribution in [0.15, 0.2) is 41.2 Å². The van der Waals surface area contributed by atoms with Crippen LogP contribution in [0.1, 0.15) is 37.4 Å². The molecule has 1 heterocycles. The number of anilines is 1. The molecular formula is C19H26N2O2. The Morgan fingerprint density at radius 1 is 1.13 bits per heavy atom. The summed E-state index contributed by atoms with van der Waals surface area (Å²) in [6.07, 6.45) is 3.54. The number of methoxy groups -OCH3 is 1. The van der Waals surface area contributed by atoms with Gasteiger partial charge in [-0.05, 0) is 37.1 Å². The van der Waals surface area contributed by atoms with Crippen molar-refractivity contribution in [2.75, 3.05) is 19.0 Å². The van der Waals surface area contributed by atoms with E-state index in [1.165, 1.54) is 12.8 Å². The number of rotatable bonds is 8. The second-order valence-electron chi connectivity index (χ2n) is 5.79. The first kappa shape index (κ1) is 17.1. The van der Waals surface area contributed by atoms with Crippen LogP contribution >= 0.6 is 0 Å². The average molecular weight is 314 g/mol. The molecule has 0 aliphatic rings. The fourth-order valence-electron chi connectivity index (χ4n) is 2.56. The second kappa shape index (κ2) is 8.42. The fraction of sp³-hybridized carbons (Fsp3) is 0.421. The molecule has 0 aliphatic carbocycles. The van der Waals surface area contributed by atoms with E-state index in [0.29, 0.717) is 6.54 Å². The topological polar surface area (TPSA) is 43.3 Å². The lowest BCUT2D eigenvalue weighted by molar-refractivity contribution is 0.414. The van der Waals surface area contributed by atoms with Gasteiger partial charge in [-0.2, -0.15) is 0 Å². The zero-order chi connectivity index (χ0) is 16.7. The highest BCUT2D eigenvalue weighted by Gasteiger charge is 2.05. The molecule has 23 heavy (non-hydrogen) atoms. The molecule has 4 heteroatoms. The summed E-state index contributed by atoms with van der Waals surface area (Å²) >= 11 is 0. The maximum atomic E-state index is 12.4. The van der Waals surface area contributed by atoms with Crippen LogP contribution in [0.3, 0.4) is 0 Å². The van der Waals surface area contributed by atoms with E-state index in [2.05, 4.69) is 12.2 Å². The molecule has 0 fully saturated rings. The number of nitrogens with zero attached hydrogens (tertiary/aromatic N) is 1. The minimum atomic E-state index is 0.0267. The molecule has 0 saturated heterocycles. The zero-order valence-corrected chi connectivity index (χ0v) is 14.3. The Morgan fingerprint density at radius 2 is 1.87 bits per heavy atom. The minimum Gasteiger partial charge on any atom is -0.497 e. The van der Waals surface area contributed by atoms with E-state index in [4.69, 9.17) is 4.74 Å². The van der Waals surface area contributed by atoms with Crippen LogP contribution in [-0.4, -0.2) is 18.2 Å². The monoisotopic (exact) mass is 314 g/mol. The number of benzene rings is 1. The normalized spacial score (nSPS) is 10.6. The van der Waals surface area contributed by atoms with Crippen LogP contribution in [0.2, 0.25) is 0 Å². The third kappa shape index (κ3) is 4.88. The molecule has 0 spiro atoms. The highest BCUT2D eigenvalue weighted by atomic mass is 16.5. The number of hydrogen-bond acceptors (Lipinski definition) is 3. The standard InChI is InChI=1S/C19H26N2O2/c1-4-5-6-11-20-17-12-15(2)21(19(22)13-17)14-16-7-9-18(23-3)10-8-16/h7-10,12-13,20H,4-6,11,14H2,1-3H3. The third-order valence-electron chi connectivity index (χ3n) is 3.94. The van der Waals surface area contributed by atoms with Gasteiger partial charge in [-0.25, -0.2) is 0 Å². The molecule has 1 aromatic heterocycles. The summed E-state index contributed by atoms with van der Waals surface area (Å²) in [7, 11) is 1.65. The smallest absolute Gasteiger partial charge is 0.253 e. The Morgan fingerprint density at radius 3 is 2.48 bits per heavy atom. The van der Waals surface area contributed by atoms with E-state index >= 15 is 0 Å². The van der Waals surface area contributed by atoms with E-state index in [1.54, 1.807) is 17.7 Å². The maximum absolute atomic E-state index is 12.4. The summed E-state index contributed by atoms with van der Waals surface area (Å²) in [6, 6.07) is 11.5. The van der Waals surface area contributed by atoms with Crippen LogP contribution in [-0.2, 0) is 6.54 Å². The minimum absolute atomic E-state index is 0.0267. The Bertz CT molecular complexity index is 675. The lowest BCUT2D eigenvalue weighted by Gasteiger charge is -2.13. The van der Waals surface area contributed by atoms with Crippen LogP contribution < -0.4 is 15.6 Å². The van der Waals surface area contributed by atoms with Crippen LogP contribution in [0.5, 0.6) is 5.75 Å². The number of ether oxygens (including phenoxy) is 1. The summed E-state index contributed by atoms with van der Waals surface area (Å²) in [4.78, 5) is 12.4. The van der Waals surface area contributed by atoms with Crippen molar-refractivity contribution < 1.29 is 4.74 Å². The lowest BCUT2D eigenvalue weighted by Crippen LogP contribution is -2.23. The number of hydrogen-bond donors (Lipinski definition) is 1. The van der Waals surface area contributed by atoms with Crippen LogP contribution in [0.25, 0.3) is 0 Å². The van der Waals surface area contributed by atoms with Crippen molar-refractivity contribution in [3.63, 3.8) is 0 Å². The Labute approximate surface area is 138 Å². The lowest BCUT2D eigenvalue weighted by atomic mass is 10.2. The van der Waals surface area contributed by atoms with Gasteiger partial charge in [0.2, 0.25) is 0 Å². The molecule has 0 atom stereocenters. The molecule has 4 nitrogen and oxygen atoms in total. The van der Waals surface area contributed by atoms with Gasteiger partial charge in [-0.3, -0.25) is 4.79 Å². The van der Waals surface area contributed by atoms with E-state index in [1.807, 2.05) is 37.3 Å². The van der Waals surface area contributed by atoms with Crippen molar-refractivity contribution in [3.05, 3.63) is 58.0 Å². The van der Waals surface area contributed by atoms with Crippen LogP contribution in [0.4, 0.5) is 5.69 Å². The Balaban J connectivity index is 2.08. The van der Waals surface area contributed by atoms with E-state index in [0.717, 1.165) is 35.7 Å². The first-order chi connectivity index (χ1) is 11.1. The van der Waals surface area contributed by atoms with Gasteiger partial charge in [0, 0.05) is 24.0 Å². The average Bonchev–Trinajstić information content (AvgIpc) is 2.55. The second-order valence-corrected chi connectivity index (χ2v) is 5.79. The largest absolute Gasteiger partial charge is 0.497 e. The first-order valence-electron chi connectivity index (χ1n) is 8.22.